The molecule has 0 bridgehead atoms. The van der Waals surface area contributed by atoms with Gasteiger partial charge in [0.2, 0.25) is 0 Å². The first kappa shape index (κ1) is 15.6. The number of methoxy groups -OCH3 is 1. The maximum atomic E-state index is 6.43. The van der Waals surface area contributed by atoms with Gasteiger partial charge in [-0.25, -0.2) is 0 Å². The molecule has 0 aromatic heterocycles. The van der Waals surface area contributed by atoms with Crippen LogP contribution in [0.4, 0.5) is 5.69 Å². The van der Waals surface area contributed by atoms with Gasteiger partial charge < -0.3 is 15.0 Å². The van der Waals surface area contributed by atoms with E-state index in [0.29, 0.717) is 12.0 Å². The van der Waals surface area contributed by atoms with Gasteiger partial charge in [-0.2, -0.15) is 0 Å². The minimum Gasteiger partial charge on any atom is -0.380 e. The van der Waals surface area contributed by atoms with Crippen molar-refractivity contribution >= 4 is 17.3 Å². The summed E-state index contributed by atoms with van der Waals surface area (Å²) in [6.07, 6.45) is 1.39. The molecule has 20 heavy (non-hydrogen) atoms. The maximum Gasteiger partial charge on any atom is 0.0762 e. The van der Waals surface area contributed by atoms with Gasteiger partial charge in [0.1, 0.15) is 0 Å². The Bertz CT molecular complexity index is 436. The summed E-state index contributed by atoms with van der Waals surface area (Å²) in [5, 5.41) is 4.34. The molecule has 2 rings (SSSR count). The zero-order valence-electron chi connectivity index (χ0n) is 12.7. The molecule has 0 aliphatic carbocycles. The molecule has 1 aliphatic rings. The predicted molar refractivity (Wildman–Crippen MR) is 85.6 cm³/mol. The van der Waals surface area contributed by atoms with E-state index in [1.165, 1.54) is 11.3 Å². The minimum atomic E-state index is 0.322. The molecule has 1 atom stereocenters. The number of hydrogen-bond acceptors (Lipinski definition) is 3. The van der Waals surface area contributed by atoms with Crippen LogP contribution in [-0.2, 0) is 11.3 Å². The fourth-order valence-corrected chi connectivity index (χ4v) is 2.99. The Morgan fingerprint density at radius 2 is 2.25 bits per heavy atom. The topological polar surface area (TPSA) is 24.5 Å². The van der Waals surface area contributed by atoms with Crippen LogP contribution in [-0.4, -0.2) is 32.8 Å². The Morgan fingerprint density at radius 1 is 1.45 bits per heavy atom. The Balaban J connectivity index is 2.10. The van der Waals surface area contributed by atoms with E-state index >= 15 is 0 Å². The van der Waals surface area contributed by atoms with Crippen molar-refractivity contribution in [2.24, 2.45) is 5.92 Å². The summed E-state index contributed by atoms with van der Waals surface area (Å²) < 4.78 is 5.45. The summed E-state index contributed by atoms with van der Waals surface area (Å²) in [5.41, 5.74) is 2.44. The summed E-state index contributed by atoms with van der Waals surface area (Å²) in [6, 6.07) is 6.17. The van der Waals surface area contributed by atoms with Crippen molar-refractivity contribution in [1.29, 1.82) is 0 Å². The molecule has 1 heterocycles. The van der Waals surface area contributed by atoms with E-state index in [0.717, 1.165) is 37.6 Å². The Hall–Kier alpha value is -0.770. The molecule has 0 saturated carbocycles. The van der Waals surface area contributed by atoms with Gasteiger partial charge >= 0.3 is 0 Å². The second kappa shape index (κ2) is 7.30. The van der Waals surface area contributed by atoms with Crippen LogP contribution < -0.4 is 10.2 Å². The lowest BCUT2D eigenvalue weighted by atomic mass is 10.1. The number of benzene rings is 1. The lowest BCUT2D eigenvalue weighted by Crippen LogP contribution is -2.26. The molecule has 0 radical (unpaired) electrons. The molecule has 0 amide bonds. The number of nitrogens with one attached hydrogen (secondary N) is 1. The quantitative estimate of drug-likeness (QED) is 0.871. The molecule has 1 aliphatic heterocycles. The van der Waals surface area contributed by atoms with Crippen LogP contribution in [0.2, 0.25) is 5.02 Å². The first-order chi connectivity index (χ1) is 9.61. The first-order valence-corrected chi connectivity index (χ1v) is 7.75. The van der Waals surface area contributed by atoms with E-state index in [4.69, 9.17) is 16.3 Å². The van der Waals surface area contributed by atoms with E-state index in [9.17, 15) is 0 Å². The fourth-order valence-electron chi connectivity index (χ4n) is 2.68. The summed E-state index contributed by atoms with van der Waals surface area (Å²) in [4.78, 5) is 2.35. The van der Waals surface area contributed by atoms with Crippen LogP contribution in [0, 0.1) is 5.92 Å². The van der Waals surface area contributed by atoms with Crippen LogP contribution >= 0.6 is 11.6 Å². The summed E-state index contributed by atoms with van der Waals surface area (Å²) >= 11 is 6.43. The monoisotopic (exact) mass is 296 g/mol. The van der Waals surface area contributed by atoms with Crippen LogP contribution in [0.25, 0.3) is 0 Å². The first-order valence-electron chi connectivity index (χ1n) is 7.37. The zero-order chi connectivity index (χ0) is 14.5. The van der Waals surface area contributed by atoms with E-state index in [2.05, 4.69) is 30.1 Å². The molecule has 4 heteroatoms. The minimum absolute atomic E-state index is 0.322. The predicted octanol–water partition coefficient (Wildman–Crippen LogP) is 3.31. The highest BCUT2D eigenvalue weighted by Crippen LogP contribution is 2.32. The van der Waals surface area contributed by atoms with Crippen LogP contribution in [0.1, 0.15) is 25.8 Å². The van der Waals surface area contributed by atoms with Gasteiger partial charge in [0.15, 0.2) is 0 Å². The molecule has 112 valence electrons. The van der Waals surface area contributed by atoms with Gasteiger partial charge in [0, 0.05) is 26.7 Å². The fraction of sp³-hybridized carbons (Fsp3) is 0.625. The third kappa shape index (κ3) is 3.87. The molecule has 1 unspecified atom stereocenters. The summed E-state index contributed by atoms with van der Waals surface area (Å²) in [6.45, 7) is 8.26. The van der Waals surface area contributed by atoms with Crippen molar-refractivity contribution in [2.75, 3.05) is 31.6 Å². The van der Waals surface area contributed by atoms with E-state index in [-0.39, 0.29) is 0 Å². The highest BCUT2D eigenvalue weighted by Gasteiger charge is 2.25. The highest BCUT2D eigenvalue weighted by atomic mass is 35.5. The Labute approximate surface area is 127 Å². The molecule has 0 spiro atoms. The second-order valence-corrected chi connectivity index (χ2v) is 6.27. The van der Waals surface area contributed by atoms with Crippen molar-refractivity contribution in [3.63, 3.8) is 0 Å². The summed E-state index contributed by atoms with van der Waals surface area (Å²) in [5.74, 6) is 0.655. The Kier molecular flexibility index (Phi) is 5.70. The second-order valence-electron chi connectivity index (χ2n) is 5.86. The number of hydrogen-bond donors (Lipinski definition) is 1. The largest absolute Gasteiger partial charge is 0.380 e. The van der Waals surface area contributed by atoms with Gasteiger partial charge in [0.05, 0.1) is 16.8 Å². The van der Waals surface area contributed by atoms with Gasteiger partial charge in [-0.1, -0.05) is 37.6 Å². The third-order valence-electron chi connectivity index (χ3n) is 3.73. The average molecular weight is 297 g/mol. The molecular weight excluding hydrogens is 272 g/mol. The standard InChI is InChI=1S/C16H25ClN2O/c1-12(2)9-18-10-13-5-4-6-15(17)16(13)19-8-7-14(11-19)20-3/h4-6,12,14,18H,7-11H2,1-3H3. The van der Waals surface area contributed by atoms with E-state index in [1.54, 1.807) is 7.11 Å². The number of nitrogens with zero attached hydrogens (tertiary/aromatic N) is 1. The molecule has 3 nitrogen and oxygen atoms in total. The van der Waals surface area contributed by atoms with Crippen molar-refractivity contribution in [3.8, 4) is 0 Å². The number of para-hydroxylation sites is 1. The lowest BCUT2D eigenvalue weighted by molar-refractivity contribution is 0.121. The van der Waals surface area contributed by atoms with Gasteiger partial charge in [-0.3, -0.25) is 0 Å². The number of anilines is 1. The van der Waals surface area contributed by atoms with Crippen LogP contribution in [0.5, 0.6) is 0 Å². The van der Waals surface area contributed by atoms with Gasteiger partial charge in [0.25, 0.3) is 0 Å². The molecular formula is C16H25ClN2O. The summed E-state index contributed by atoms with van der Waals surface area (Å²) in [7, 11) is 1.78. The SMILES string of the molecule is COC1CCN(c2c(Cl)cccc2CNCC(C)C)C1. The van der Waals surface area contributed by atoms with E-state index < -0.39 is 0 Å². The van der Waals surface area contributed by atoms with Crippen molar-refractivity contribution in [3.05, 3.63) is 28.8 Å². The molecule has 1 saturated heterocycles. The zero-order valence-corrected chi connectivity index (χ0v) is 13.4. The van der Waals surface area contributed by atoms with Crippen LogP contribution in [0.15, 0.2) is 18.2 Å². The Morgan fingerprint density at radius 3 is 2.90 bits per heavy atom. The number of ether oxygens (including phenoxy) is 1. The average Bonchev–Trinajstić information content (AvgIpc) is 2.87. The van der Waals surface area contributed by atoms with Crippen molar-refractivity contribution in [1.82, 2.24) is 5.32 Å². The highest BCUT2D eigenvalue weighted by molar-refractivity contribution is 6.33. The number of halogens is 1. The van der Waals surface area contributed by atoms with E-state index in [1.807, 2.05) is 12.1 Å². The molecule has 1 aromatic carbocycles. The van der Waals surface area contributed by atoms with Gasteiger partial charge in [-0.05, 0) is 30.5 Å². The molecule has 1 fully saturated rings. The third-order valence-corrected chi connectivity index (χ3v) is 4.04. The smallest absolute Gasteiger partial charge is 0.0762 e. The van der Waals surface area contributed by atoms with Gasteiger partial charge in [-0.15, -0.1) is 0 Å². The normalized spacial score (nSPS) is 19.1. The van der Waals surface area contributed by atoms with Crippen LogP contribution in [0.3, 0.4) is 0 Å². The maximum absolute atomic E-state index is 6.43. The lowest BCUT2D eigenvalue weighted by Gasteiger charge is -2.23. The van der Waals surface area contributed by atoms with Crippen molar-refractivity contribution < 1.29 is 4.74 Å². The molecule has 1 aromatic rings. The molecule has 1 N–H and O–H groups in total. The van der Waals surface area contributed by atoms with Crippen molar-refractivity contribution in [2.45, 2.75) is 32.9 Å². The number of rotatable bonds is 6.